The van der Waals surface area contributed by atoms with Crippen LogP contribution in [0, 0.1) is 17.1 Å². The number of halogens is 2. The molecular weight excluding hydrogens is 341 g/mol. The van der Waals surface area contributed by atoms with Crippen LogP contribution in [-0.2, 0) is 6.61 Å². The standard InChI is InChI=1S/C15H9BrFNO3/c16-12-6-2-5-11(15(19)20)14(12)21-8-10-4-1-3-9(7-18)13(10)17/h1-6H,8H2,(H,19,20). The lowest BCUT2D eigenvalue weighted by Gasteiger charge is -2.11. The number of ether oxygens (including phenoxy) is 1. The highest BCUT2D eigenvalue weighted by Gasteiger charge is 2.15. The molecule has 0 bridgehead atoms. The zero-order valence-corrected chi connectivity index (χ0v) is 12.2. The summed E-state index contributed by atoms with van der Waals surface area (Å²) in [5.41, 5.74) is 0.0732. The van der Waals surface area contributed by atoms with Crippen LogP contribution in [0.5, 0.6) is 5.75 Å². The minimum Gasteiger partial charge on any atom is -0.487 e. The molecular formula is C15H9BrFNO3. The van der Waals surface area contributed by atoms with Gasteiger partial charge in [-0.25, -0.2) is 9.18 Å². The third-order valence-corrected chi connectivity index (χ3v) is 3.39. The lowest BCUT2D eigenvalue weighted by Crippen LogP contribution is -2.05. The lowest BCUT2D eigenvalue weighted by atomic mass is 10.1. The van der Waals surface area contributed by atoms with Gasteiger partial charge in [0.25, 0.3) is 0 Å². The first-order valence-electron chi connectivity index (χ1n) is 5.86. The number of aromatic carboxylic acids is 1. The number of carboxylic acids is 1. The average molecular weight is 350 g/mol. The number of nitrogens with zero attached hydrogens (tertiary/aromatic N) is 1. The molecule has 0 spiro atoms. The second kappa shape index (κ2) is 6.37. The van der Waals surface area contributed by atoms with Crippen molar-refractivity contribution in [2.45, 2.75) is 6.61 Å². The average Bonchev–Trinajstić information content (AvgIpc) is 2.47. The van der Waals surface area contributed by atoms with Crippen molar-refractivity contribution < 1.29 is 19.0 Å². The van der Waals surface area contributed by atoms with Gasteiger partial charge in [-0.15, -0.1) is 0 Å². The summed E-state index contributed by atoms with van der Waals surface area (Å²) in [4.78, 5) is 11.1. The predicted molar refractivity (Wildman–Crippen MR) is 76.5 cm³/mol. The number of carbonyl (C=O) groups is 1. The van der Waals surface area contributed by atoms with Crippen molar-refractivity contribution in [2.24, 2.45) is 0 Å². The quantitative estimate of drug-likeness (QED) is 0.912. The molecule has 0 aliphatic rings. The molecule has 0 aliphatic carbocycles. The fourth-order valence-corrected chi connectivity index (χ4v) is 2.23. The molecule has 2 aromatic rings. The van der Waals surface area contributed by atoms with Crippen LogP contribution in [-0.4, -0.2) is 11.1 Å². The molecule has 0 aromatic heterocycles. The Morgan fingerprint density at radius 3 is 2.71 bits per heavy atom. The number of carboxylic acid groups (broad SMARTS) is 1. The first kappa shape index (κ1) is 15.0. The fraction of sp³-hybridized carbons (Fsp3) is 0.0667. The molecule has 0 radical (unpaired) electrons. The van der Waals surface area contributed by atoms with Crippen molar-refractivity contribution in [3.05, 3.63) is 63.4 Å². The Bertz CT molecular complexity index is 740. The van der Waals surface area contributed by atoms with Gasteiger partial charge in [-0.1, -0.05) is 18.2 Å². The molecule has 0 aliphatic heterocycles. The summed E-state index contributed by atoms with van der Waals surface area (Å²) >= 11 is 3.20. The van der Waals surface area contributed by atoms with Crippen LogP contribution in [0.1, 0.15) is 21.5 Å². The number of nitriles is 1. The SMILES string of the molecule is N#Cc1cccc(COc2c(Br)cccc2C(=O)O)c1F. The molecule has 6 heteroatoms. The monoisotopic (exact) mass is 349 g/mol. The molecule has 0 atom stereocenters. The molecule has 0 amide bonds. The Balaban J connectivity index is 2.30. The molecule has 1 N–H and O–H groups in total. The van der Waals surface area contributed by atoms with Gasteiger partial charge in [-0.05, 0) is 34.1 Å². The van der Waals surface area contributed by atoms with Crippen LogP contribution in [0.3, 0.4) is 0 Å². The number of benzene rings is 2. The minimum atomic E-state index is -1.14. The first-order chi connectivity index (χ1) is 10.0. The van der Waals surface area contributed by atoms with Gasteiger partial charge in [0.15, 0.2) is 0 Å². The summed E-state index contributed by atoms with van der Waals surface area (Å²) in [5, 5.41) is 17.9. The van der Waals surface area contributed by atoms with Crippen molar-refractivity contribution in [1.82, 2.24) is 0 Å². The highest BCUT2D eigenvalue weighted by Crippen LogP contribution is 2.30. The summed E-state index contributed by atoms with van der Waals surface area (Å²) in [5.74, 6) is -1.69. The fourth-order valence-electron chi connectivity index (χ4n) is 1.75. The summed E-state index contributed by atoms with van der Waals surface area (Å²) in [7, 11) is 0. The Hall–Kier alpha value is -2.39. The van der Waals surface area contributed by atoms with E-state index >= 15 is 0 Å². The van der Waals surface area contributed by atoms with Crippen molar-refractivity contribution in [2.75, 3.05) is 0 Å². The van der Waals surface area contributed by atoms with E-state index in [9.17, 15) is 9.18 Å². The summed E-state index contributed by atoms with van der Waals surface area (Å²) in [6, 6.07) is 10.7. The van der Waals surface area contributed by atoms with Crippen LogP contribution < -0.4 is 4.74 Å². The third-order valence-electron chi connectivity index (χ3n) is 2.77. The third kappa shape index (κ3) is 3.20. The maximum absolute atomic E-state index is 13.9. The van der Waals surface area contributed by atoms with Crippen LogP contribution >= 0.6 is 15.9 Å². The zero-order chi connectivity index (χ0) is 15.4. The molecule has 21 heavy (non-hydrogen) atoms. The van der Waals surface area contributed by atoms with E-state index in [0.717, 1.165) is 0 Å². The van der Waals surface area contributed by atoms with E-state index in [4.69, 9.17) is 15.1 Å². The lowest BCUT2D eigenvalue weighted by molar-refractivity contribution is 0.0691. The molecule has 2 rings (SSSR count). The number of hydrogen-bond acceptors (Lipinski definition) is 3. The van der Waals surface area contributed by atoms with Gasteiger partial charge in [-0.3, -0.25) is 0 Å². The van der Waals surface area contributed by atoms with Crippen molar-refractivity contribution in [3.8, 4) is 11.8 Å². The van der Waals surface area contributed by atoms with Gasteiger partial charge >= 0.3 is 5.97 Å². The molecule has 2 aromatic carbocycles. The Labute approximate surface area is 128 Å². The van der Waals surface area contributed by atoms with E-state index < -0.39 is 11.8 Å². The first-order valence-corrected chi connectivity index (χ1v) is 6.66. The molecule has 0 heterocycles. The van der Waals surface area contributed by atoms with Gasteiger partial charge < -0.3 is 9.84 Å². The maximum Gasteiger partial charge on any atom is 0.339 e. The van der Waals surface area contributed by atoms with Gasteiger partial charge in [-0.2, -0.15) is 5.26 Å². The normalized spacial score (nSPS) is 9.95. The van der Waals surface area contributed by atoms with Gasteiger partial charge in [0.05, 0.1) is 10.0 Å². The van der Waals surface area contributed by atoms with E-state index in [1.807, 2.05) is 0 Å². The van der Waals surface area contributed by atoms with Crippen molar-refractivity contribution >= 4 is 21.9 Å². The Kier molecular flexibility index (Phi) is 4.55. The Morgan fingerprint density at radius 2 is 2.05 bits per heavy atom. The molecule has 0 saturated carbocycles. The van der Waals surface area contributed by atoms with Crippen LogP contribution in [0.15, 0.2) is 40.9 Å². The van der Waals surface area contributed by atoms with Crippen LogP contribution in [0.4, 0.5) is 4.39 Å². The summed E-state index contributed by atoms with van der Waals surface area (Å²) in [6.45, 7) is -0.176. The number of para-hydroxylation sites is 1. The van der Waals surface area contributed by atoms with Crippen molar-refractivity contribution in [3.63, 3.8) is 0 Å². The second-order valence-corrected chi connectivity index (χ2v) is 4.96. The van der Waals surface area contributed by atoms with Crippen LogP contribution in [0.25, 0.3) is 0 Å². The number of hydrogen-bond donors (Lipinski definition) is 1. The smallest absolute Gasteiger partial charge is 0.339 e. The van der Waals surface area contributed by atoms with E-state index in [-0.39, 0.29) is 29.0 Å². The van der Waals surface area contributed by atoms with Crippen LogP contribution in [0.2, 0.25) is 0 Å². The molecule has 0 saturated heterocycles. The topological polar surface area (TPSA) is 70.3 Å². The highest BCUT2D eigenvalue weighted by molar-refractivity contribution is 9.10. The molecule has 4 nitrogen and oxygen atoms in total. The summed E-state index contributed by atoms with van der Waals surface area (Å²) in [6.07, 6.45) is 0. The Morgan fingerprint density at radius 1 is 1.33 bits per heavy atom. The molecule has 0 unspecified atom stereocenters. The van der Waals surface area contributed by atoms with Gasteiger partial charge in [0.1, 0.15) is 29.8 Å². The zero-order valence-electron chi connectivity index (χ0n) is 10.6. The molecule has 106 valence electrons. The number of rotatable bonds is 4. The van der Waals surface area contributed by atoms with E-state index in [1.54, 1.807) is 24.3 Å². The summed E-state index contributed by atoms with van der Waals surface area (Å²) < 4.78 is 19.8. The highest BCUT2D eigenvalue weighted by atomic mass is 79.9. The van der Waals surface area contributed by atoms with E-state index in [1.165, 1.54) is 18.2 Å². The predicted octanol–water partition coefficient (Wildman–Crippen LogP) is 3.74. The van der Waals surface area contributed by atoms with E-state index in [2.05, 4.69) is 15.9 Å². The maximum atomic E-state index is 13.9. The molecule has 0 fully saturated rings. The minimum absolute atomic E-state index is 0.0266. The largest absolute Gasteiger partial charge is 0.487 e. The van der Waals surface area contributed by atoms with Crippen molar-refractivity contribution in [1.29, 1.82) is 5.26 Å². The van der Waals surface area contributed by atoms with Gasteiger partial charge in [0, 0.05) is 5.56 Å². The second-order valence-electron chi connectivity index (χ2n) is 4.10. The van der Waals surface area contributed by atoms with Gasteiger partial charge in [0.2, 0.25) is 0 Å². The van der Waals surface area contributed by atoms with E-state index in [0.29, 0.717) is 4.47 Å².